The van der Waals surface area contributed by atoms with Crippen LogP contribution in [-0.2, 0) is 25.9 Å². The van der Waals surface area contributed by atoms with Crippen LogP contribution < -0.4 is 0 Å². The van der Waals surface area contributed by atoms with Crippen LogP contribution in [0.25, 0.3) is 0 Å². The van der Waals surface area contributed by atoms with Gasteiger partial charge in [0.25, 0.3) is 0 Å². The molecule has 0 bridgehead atoms. The summed E-state index contributed by atoms with van der Waals surface area (Å²) < 4.78 is 5.30. The lowest BCUT2D eigenvalue weighted by Crippen LogP contribution is -2.25. The van der Waals surface area contributed by atoms with Gasteiger partial charge >= 0.3 is 0 Å². The molecule has 4 heteroatoms. The molecule has 1 saturated carbocycles. The molecule has 1 aliphatic carbocycles. The van der Waals surface area contributed by atoms with Gasteiger partial charge in [0.05, 0.1) is 6.54 Å². The van der Waals surface area contributed by atoms with Gasteiger partial charge in [0.15, 0.2) is 5.82 Å². The smallest absolute Gasteiger partial charge is 0.226 e. The van der Waals surface area contributed by atoms with E-state index in [1.165, 1.54) is 24.0 Å². The fraction of sp³-hybridized carbons (Fsp3) is 0.556. The number of aryl methyl sites for hydroxylation is 2. The van der Waals surface area contributed by atoms with Gasteiger partial charge in [0.2, 0.25) is 5.89 Å². The highest BCUT2D eigenvalue weighted by atomic mass is 16.5. The van der Waals surface area contributed by atoms with Crippen molar-refractivity contribution >= 4 is 0 Å². The molecule has 2 aromatic rings. The summed E-state index contributed by atoms with van der Waals surface area (Å²) >= 11 is 0. The molecular formula is C18H25N3O. The number of benzene rings is 1. The molecule has 1 heterocycles. The zero-order valence-corrected chi connectivity index (χ0v) is 13.6. The molecule has 0 saturated heterocycles. The normalized spacial score (nSPS) is 14.7. The number of aromatic nitrogens is 2. The number of hydrogen-bond donors (Lipinski definition) is 0. The first-order valence-corrected chi connectivity index (χ1v) is 8.41. The van der Waals surface area contributed by atoms with Crippen LogP contribution in [0.3, 0.4) is 0 Å². The van der Waals surface area contributed by atoms with E-state index in [9.17, 15) is 0 Å². The molecule has 3 rings (SSSR count). The van der Waals surface area contributed by atoms with E-state index in [2.05, 4.69) is 53.2 Å². The van der Waals surface area contributed by atoms with Crippen LogP contribution >= 0.6 is 0 Å². The van der Waals surface area contributed by atoms with Crippen molar-refractivity contribution in [2.45, 2.75) is 65.1 Å². The second kappa shape index (κ2) is 7.05. The molecule has 1 fully saturated rings. The summed E-state index contributed by atoms with van der Waals surface area (Å²) in [6.45, 7) is 6.07. The predicted octanol–water partition coefficient (Wildman–Crippen LogP) is 3.75. The molecule has 0 aliphatic heterocycles. The van der Waals surface area contributed by atoms with Crippen LogP contribution in [0.2, 0.25) is 0 Å². The number of rotatable bonds is 8. The van der Waals surface area contributed by atoms with Crippen molar-refractivity contribution in [2.75, 3.05) is 0 Å². The van der Waals surface area contributed by atoms with Gasteiger partial charge in [-0.25, -0.2) is 0 Å². The van der Waals surface area contributed by atoms with Gasteiger partial charge in [0, 0.05) is 19.0 Å². The molecule has 0 N–H and O–H groups in total. The number of nitrogens with zero attached hydrogens (tertiary/aromatic N) is 3. The van der Waals surface area contributed by atoms with Gasteiger partial charge in [-0.2, -0.15) is 4.98 Å². The Labute approximate surface area is 132 Å². The van der Waals surface area contributed by atoms with Crippen LogP contribution in [0.15, 0.2) is 28.8 Å². The second-order valence-electron chi connectivity index (χ2n) is 6.16. The van der Waals surface area contributed by atoms with Crippen molar-refractivity contribution in [2.24, 2.45) is 0 Å². The minimum atomic E-state index is 0.680. The summed E-state index contributed by atoms with van der Waals surface area (Å²) in [5.41, 5.74) is 2.76. The molecule has 0 atom stereocenters. The molecule has 118 valence electrons. The Hall–Kier alpha value is -1.68. The van der Waals surface area contributed by atoms with Gasteiger partial charge in [0.1, 0.15) is 0 Å². The van der Waals surface area contributed by atoms with E-state index in [1.807, 2.05) is 0 Å². The first-order valence-electron chi connectivity index (χ1n) is 8.41. The second-order valence-corrected chi connectivity index (χ2v) is 6.16. The fourth-order valence-corrected chi connectivity index (χ4v) is 2.72. The van der Waals surface area contributed by atoms with Gasteiger partial charge < -0.3 is 4.52 Å². The van der Waals surface area contributed by atoms with Gasteiger partial charge in [-0.3, -0.25) is 4.90 Å². The molecule has 0 unspecified atom stereocenters. The maximum absolute atomic E-state index is 5.30. The Kier molecular flexibility index (Phi) is 4.88. The lowest BCUT2D eigenvalue weighted by Gasteiger charge is -2.20. The first kappa shape index (κ1) is 15.2. The Balaban J connectivity index is 1.64. The lowest BCUT2D eigenvalue weighted by molar-refractivity contribution is 0.235. The van der Waals surface area contributed by atoms with Crippen molar-refractivity contribution < 1.29 is 4.52 Å². The van der Waals surface area contributed by atoms with E-state index in [0.717, 1.165) is 44.1 Å². The fourth-order valence-electron chi connectivity index (χ4n) is 2.72. The Morgan fingerprint density at radius 1 is 1.09 bits per heavy atom. The van der Waals surface area contributed by atoms with Crippen molar-refractivity contribution in [1.82, 2.24) is 15.0 Å². The third-order valence-electron chi connectivity index (χ3n) is 4.20. The topological polar surface area (TPSA) is 42.2 Å². The van der Waals surface area contributed by atoms with Gasteiger partial charge in [-0.05, 0) is 36.8 Å². The summed E-state index contributed by atoms with van der Waals surface area (Å²) in [7, 11) is 0. The first-order chi connectivity index (χ1) is 10.8. The zero-order chi connectivity index (χ0) is 15.4. The molecule has 0 radical (unpaired) electrons. The minimum Gasteiger partial charge on any atom is -0.339 e. The van der Waals surface area contributed by atoms with E-state index in [1.54, 1.807) is 0 Å². The molecule has 1 aliphatic rings. The van der Waals surface area contributed by atoms with Crippen LogP contribution in [0, 0.1) is 0 Å². The average molecular weight is 299 g/mol. The van der Waals surface area contributed by atoms with E-state index in [-0.39, 0.29) is 0 Å². The summed E-state index contributed by atoms with van der Waals surface area (Å²) in [4.78, 5) is 6.97. The maximum atomic E-state index is 5.30. The average Bonchev–Trinajstić information content (AvgIpc) is 3.30. The van der Waals surface area contributed by atoms with Crippen LogP contribution in [0.4, 0.5) is 0 Å². The lowest BCUT2D eigenvalue weighted by atomic mass is 10.1. The predicted molar refractivity (Wildman–Crippen MR) is 86.4 cm³/mol. The quantitative estimate of drug-likeness (QED) is 0.744. The molecule has 0 spiro atoms. The minimum absolute atomic E-state index is 0.680. The van der Waals surface area contributed by atoms with Crippen LogP contribution in [0.5, 0.6) is 0 Å². The van der Waals surface area contributed by atoms with E-state index in [4.69, 9.17) is 4.52 Å². The molecule has 1 aromatic carbocycles. The third kappa shape index (κ3) is 3.95. The summed E-state index contributed by atoms with van der Waals surface area (Å²) in [5, 5.41) is 4.13. The molecule has 0 amide bonds. The van der Waals surface area contributed by atoms with Crippen molar-refractivity contribution in [1.29, 1.82) is 0 Å². The summed E-state index contributed by atoms with van der Waals surface area (Å²) in [6.07, 6.45) is 5.57. The zero-order valence-electron chi connectivity index (χ0n) is 13.6. The van der Waals surface area contributed by atoms with E-state index >= 15 is 0 Å². The standard InChI is InChI=1S/C18H25N3O/c1-3-5-18-19-17(20-22-18)13-21(16-10-11-16)12-15-8-6-14(4-2)7-9-15/h6-9,16H,3-5,10-13H2,1-2H3. The van der Waals surface area contributed by atoms with Gasteiger partial charge in [-0.1, -0.05) is 43.3 Å². The maximum Gasteiger partial charge on any atom is 0.226 e. The summed E-state index contributed by atoms with van der Waals surface area (Å²) in [6, 6.07) is 9.63. The highest BCUT2D eigenvalue weighted by molar-refractivity contribution is 5.22. The molecule has 4 nitrogen and oxygen atoms in total. The van der Waals surface area contributed by atoms with Crippen LogP contribution in [0.1, 0.15) is 56.0 Å². The Bertz CT molecular complexity index is 587. The van der Waals surface area contributed by atoms with Crippen LogP contribution in [-0.4, -0.2) is 21.1 Å². The third-order valence-corrected chi connectivity index (χ3v) is 4.20. The SMILES string of the molecule is CCCc1nc(CN(Cc2ccc(CC)cc2)C2CC2)no1. The largest absolute Gasteiger partial charge is 0.339 e. The molecule has 22 heavy (non-hydrogen) atoms. The van der Waals surface area contributed by atoms with Crippen molar-refractivity contribution in [3.8, 4) is 0 Å². The number of hydrogen-bond acceptors (Lipinski definition) is 4. The Morgan fingerprint density at radius 2 is 1.82 bits per heavy atom. The molecule has 1 aromatic heterocycles. The Morgan fingerprint density at radius 3 is 2.45 bits per heavy atom. The molecular weight excluding hydrogens is 274 g/mol. The monoisotopic (exact) mass is 299 g/mol. The van der Waals surface area contributed by atoms with Crippen molar-refractivity contribution in [3.63, 3.8) is 0 Å². The van der Waals surface area contributed by atoms with E-state index in [0.29, 0.717) is 6.04 Å². The van der Waals surface area contributed by atoms with Crippen molar-refractivity contribution in [3.05, 3.63) is 47.1 Å². The van der Waals surface area contributed by atoms with Gasteiger partial charge in [-0.15, -0.1) is 0 Å². The highest BCUT2D eigenvalue weighted by Gasteiger charge is 2.30. The highest BCUT2D eigenvalue weighted by Crippen LogP contribution is 2.29. The summed E-state index contributed by atoms with van der Waals surface area (Å²) in [5.74, 6) is 1.58. The van der Waals surface area contributed by atoms with E-state index < -0.39 is 0 Å².